The number of hydrogen-bond donors (Lipinski definition) is 1. The van der Waals surface area contributed by atoms with Gasteiger partial charge in [-0.1, -0.05) is 25.0 Å². The molecule has 1 aliphatic rings. The van der Waals surface area contributed by atoms with Crippen molar-refractivity contribution in [2.75, 3.05) is 11.5 Å². The summed E-state index contributed by atoms with van der Waals surface area (Å²) in [5.41, 5.74) is 7.10. The average Bonchev–Trinajstić information content (AvgIpc) is 2.40. The van der Waals surface area contributed by atoms with Gasteiger partial charge in [0.2, 0.25) is 0 Å². The Morgan fingerprint density at radius 3 is 2.87 bits per heavy atom. The van der Waals surface area contributed by atoms with Crippen LogP contribution in [0.5, 0.6) is 0 Å². The molecule has 0 aromatic rings. The third kappa shape index (κ3) is 4.80. The van der Waals surface area contributed by atoms with Crippen LogP contribution in [-0.4, -0.2) is 26.0 Å². The molecule has 0 aromatic carbocycles. The van der Waals surface area contributed by atoms with Crippen LogP contribution < -0.4 is 5.73 Å². The predicted octanol–water partition coefficient (Wildman–Crippen LogP) is 1.64. The van der Waals surface area contributed by atoms with Gasteiger partial charge in [0.05, 0.1) is 5.75 Å². The van der Waals surface area contributed by atoms with Gasteiger partial charge in [-0.05, 0) is 25.7 Å². The summed E-state index contributed by atoms with van der Waals surface area (Å²) in [5.74, 6) is 0.522. The Morgan fingerprint density at radius 2 is 2.20 bits per heavy atom. The molecule has 0 amide bonds. The molecule has 15 heavy (non-hydrogen) atoms. The number of sulfone groups is 1. The summed E-state index contributed by atoms with van der Waals surface area (Å²) in [5, 5.41) is 0. The smallest absolute Gasteiger partial charge is 0.150 e. The standard InChI is InChI=1S/C11H21NO2S/c1-2-15(13,14)8-7-10-5-3-4-6-11(12)9-10/h9,11H,2-8,12H2,1H3. The third-order valence-electron chi connectivity index (χ3n) is 2.91. The molecule has 0 bridgehead atoms. The van der Waals surface area contributed by atoms with E-state index in [1.54, 1.807) is 6.92 Å². The van der Waals surface area contributed by atoms with Crippen molar-refractivity contribution < 1.29 is 8.42 Å². The van der Waals surface area contributed by atoms with Crippen molar-refractivity contribution in [3.8, 4) is 0 Å². The van der Waals surface area contributed by atoms with Crippen LogP contribution in [0.4, 0.5) is 0 Å². The maximum Gasteiger partial charge on any atom is 0.150 e. The first-order valence-corrected chi connectivity index (χ1v) is 7.51. The molecule has 1 aliphatic carbocycles. The summed E-state index contributed by atoms with van der Waals surface area (Å²) < 4.78 is 22.7. The van der Waals surface area contributed by atoms with E-state index in [-0.39, 0.29) is 17.5 Å². The molecular weight excluding hydrogens is 210 g/mol. The van der Waals surface area contributed by atoms with Crippen LogP contribution in [0.2, 0.25) is 0 Å². The summed E-state index contributed by atoms with van der Waals surface area (Å²) >= 11 is 0. The highest BCUT2D eigenvalue weighted by atomic mass is 32.2. The van der Waals surface area contributed by atoms with Crippen LogP contribution in [-0.2, 0) is 9.84 Å². The largest absolute Gasteiger partial charge is 0.324 e. The van der Waals surface area contributed by atoms with Gasteiger partial charge in [0, 0.05) is 11.8 Å². The van der Waals surface area contributed by atoms with Gasteiger partial charge < -0.3 is 5.73 Å². The zero-order valence-corrected chi connectivity index (χ0v) is 10.2. The van der Waals surface area contributed by atoms with Crippen molar-refractivity contribution in [3.05, 3.63) is 11.6 Å². The summed E-state index contributed by atoms with van der Waals surface area (Å²) in [7, 11) is -2.83. The highest BCUT2D eigenvalue weighted by Crippen LogP contribution is 2.19. The normalized spacial score (nSPS) is 23.3. The van der Waals surface area contributed by atoms with E-state index >= 15 is 0 Å². The van der Waals surface area contributed by atoms with Gasteiger partial charge in [-0.2, -0.15) is 0 Å². The Morgan fingerprint density at radius 1 is 1.47 bits per heavy atom. The lowest BCUT2D eigenvalue weighted by molar-refractivity contribution is 0.595. The van der Waals surface area contributed by atoms with Crippen LogP contribution in [0, 0.1) is 0 Å². The van der Waals surface area contributed by atoms with Gasteiger partial charge in [0.15, 0.2) is 0 Å². The second-order valence-electron chi connectivity index (χ2n) is 4.22. The zero-order chi connectivity index (χ0) is 11.3. The summed E-state index contributed by atoms with van der Waals surface area (Å²) in [6.45, 7) is 1.70. The van der Waals surface area contributed by atoms with Crippen molar-refractivity contribution in [1.29, 1.82) is 0 Å². The van der Waals surface area contributed by atoms with Crippen LogP contribution in [0.3, 0.4) is 0 Å². The van der Waals surface area contributed by atoms with Crippen molar-refractivity contribution in [2.45, 2.75) is 45.1 Å². The molecule has 0 fully saturated rings. The lowest BCUT2D eigenvalue weighted by Gasteiger charge is -2.06. The Bertz CT molecular complexity index is 319. The third-order valence-corrected chi connectivity index (χ3v) is 4.61. The molecule has 4 heteroatoms. The summed E-state index contributed by atoms with van der Waals surface area (Å²) in [4.78, 5) is 0. The van der Waals surface area contributed by atoms with E-state index in [1.807, 2.05) is 0 Å². The first-order valence-electron chi connectivity index (χ1n) is 5.69. The van der Waals surface area contributed by atoms with E-state index < -0.39 is 9.84 Å². The Hall–Kier alpha value is -0.350. The fourth-order valence-electron chi connectivity index (χ4n) is 1.84. The number of hydrogen-bond acceptors (Lipinski definition) is 3. The molecule has 88 valence electrons. The molecule has 3 nitrogen and oxygen atoms in total. The highest BCUT2D eigenvalue weighted by molar-refractivity contribution is 7.91. The van der Waals surface area contributed by atoms with Crippen LogP contribution in [0.25, 0.3) is 0 Å². The minimum Gasteiger partial charge on any atom is -0.324 e. The second kappa shape index (κ2) is 5.66. The van der Waals surface area contributed by atoms with E-state index in [1.165, 1.54) is 5.57 Å². The molecule has 0 heterocycles. The average molecular weight is 231 g/mol. The van der Waals surface area contributed by atoms with Crippen molar-refractivity contribution in [2.24, 2.45) is 5.73 Å². The molecule has 2 N–H and O–H groups in total. The summed E-state index contributed by atoms with van der Waals surface area (Å²) in [6.07, 6.45) is 7.09. The molecule has 1 rings (SSSR count). The molecule has 0 aromatic heterocycles. The topological polar surface area (TPSA) is 60.2 Å². The van der Waals surface area contributed by atoms with Crippen LogP contribution in [0.1, 0.15) is 39.0 Å². The van der Waals surface area contributed by atoms with Gasteiger partial charge >= 0.3 is 0 Å². The minimum atomic E-state index is -2.83. The number of allylic oxidation sites excluding steroid dienone is 1. The van der Waals surface area contributed by atoms with Gasteiger partial charge in [0.1, 0.15) is 9.84 Å². The fourth-order valence-corrected chi connectivity index (χ4v) is 2.70. The molecule has 1 atom stereocenters. The van der Waals surface area contributed by atoms with Gasteiger partial charge in [-0.15, -0.1) is 0 Å². The van der Waals surface area contributed by atoms with Gasteiger partial charge in [-0.25, -0.2) is 8.42 Å². The first kappa shape index (κ1) is 12.7. The summed E-state index contributed by atoms with van der Waals surface area (Å²) in [6, 6.07) is 0.131. The first-order chi connectivity index (χ1) is 7.03. The van der Waals surface area contributed by atoms with Gasteiger partial charge in [-0.3, -0.25) is 0 Å². The lowest BCUT2D eigenvalue weighted by atomic mass is 10.1. The molecule has 0 aliphatic heterocycles. The van der Waals surface area contributed by atoms with Crippen LogP contribution in [0.15, 0.2) is 11.6 Å². The van der Waals surface area contributed by atoms with E-state index in [2.05, 4.69) is 6.08 Å². The Kier molecular flexibility index (Phi) is 4.80. The lowest BCUT2D eigenvalue weighted by Crippen LogP contribution is -2.16. The fraction of sp³-hybridized carbons (Fsp3) is 0.818. The van der Waals surface area contributed by atoms with E-state index in [0.29, 0.717) is 6.42 Å². The van der Waals surface area contributed by atoms with E-state index in [0.717, 1.165) is 25.7 Å². The molecular formula is C11H21NO2S. The van der Waals surface area contributed by atoms with Crippen molar-refractivity contribution in [3.63, 3.8) is 0 Å². The molecule has 0 saturated carbocycles. The van der Waals surface area contributed by atoms with E-state index in [4.69, 9.17) is 5.73 Å². The highest BCUT2D eigenvalue weighted by Gasteiger charge is 2.12. The Balaban J connectivity index is 2.50. The van der Waals surface area contributed by atoms with E-state index in [9.17, 15) is 8.42 Å². The quantitative estimate of drug-likeness (QED) is 0.748. The van der Waals surface area contributed by atoms with Crippen molar-refractivity contribution >= 4 is 9.84 Å². The second-order valence-corrected chi connectivity index (χ2v) is 6.69. The maximum atomic E-state index is 11.4. The predicted molar refractivity (Wildman–Crippen MR) is 63.5 cm³/mol. The maximum absolute atomic E-state index is 11.4. The number of rotatable bonds is 4. The molecule has 0 saturated heterocycles. The molecule has 0 radical (unpaired) electrons. The SMILES string of the molecule is CCS(=O)(=O)CCC1=CC(N)CCCC1. The minimum absolute atomic E-state index is 0.131. The molecule has 0 spiro atoms. The van der Waals surface area contributed by atoms with Crippen LogP contribution >= 0.6 is 0 Å². The number of nitrogens with two attached hydrogens (primary N) is 1. The Labute approximate surface area is 92.7 Å². The zero-order valence-electron chi connectivity index (χ0n) is 9.41. The van der Waals surface area contributed by atoms with Gasteiger partial charge in [0.25, 0.3) is 0 Å². The monoisotopic (exact) mass is 231 g/mol. The van der Waals surface area contributed by atoms with Crippen molar-refractivity contribution in [1.82, 2.24) is 0 Å². The molecule has 1 unspecified atom stereocenters.